The van der Waals surface area contributed by atoms with Crippen molar-refractivity contribution in [2.75, 3.05) is 25.4 Å². The van der Waals surface area contributed by atoms with Crippen molar-refractivity contribution >= 4 is 11.6 Å². The number of nitrogens with zero attached hydrogens (tertiary/aromatic N) is 2. The summed E-state index contributed by atoms with van der Waals surface area (Å²) in [5, 5.41) is 0. The van der Waals surface area contributed by atoms with E-state index in [0.717, 1.165) is 13.0 Å². The van der Waals surface area contributed by atoms with E-state index in [1.54, 1.807) is 12.3 Å². The summed E-state index contributed by atoms with van der Waals surface area (Å²) < 4.78 is 0. The normalized spacial score (nSPS) is 12.2. The van der Waals surface area contributed by atoms with Crippen LogP contribution in [0.15, 0.2) is 18.5 Å². The molecule has 0 aliphatic carbocycles. The lowest BCUT2D eigenvalue weighted by Gasteiger charge is -2.25. The zero-order chi connectivity index (χ0) is 13.5. The third kappa shape index (κ3) is 4.00. The molecule has 0 spiro atoms. The maximum Gasteiger partial charge on any atom is 0.255 e. The lowest BCUT2D eigenvalue weighted by Crippen LogP contribution is -2.37. The molecule has 0 bridgehead atoms. The first-order chi connectivity index (χ1) is 8.58. The summed E-state index contributed by atoms with van der Waals surface area (Å²) in [4.78, 5) is 18.1. The molecule has 1 unspecified atom stereocenters. The Bertz CT molecular complexity index is 394. The number of nitrogens with two attached hydrogens (primary N) is 2. The summed E-state index contributed by atoms with van der Waals surface area (Å²) in [6.07, 6.45) is 4.00. The summed E-state index contributed by atoms with van der Waals surface area (Å²) in [7, 11) is 0. The van der Waals surface area contributed by atoms with E-state index in [4.69, 9.17) is 11.5 Å². The molecule has 5 nitrogen and oxygen atoms in total. The Hall–Kier alpha value is -1.62. The van der Waals surface area contributed by atoms with Crippen LogP contribution in [0.2, 0.25) is 0 Å². The largest absolute Gasteiger partial charge is 0.397 e. The minimum absolute atomic E-state index is 0.0306. The second-order valence-corrected chi connectivity index (χ2v) is 4.60. The molecule has 4 N–H and O–H groups in total. The fourth-order valence-electron chi connectivity index (χ4n) is 1.75. The van der Waals surface area contributed by atoms with Crippen LogP contribution in [-0.4, -0.2) is 35.4 Å². The molecule has 18 heavy (non-hydrogen) atoms. The standard InChI is InChI=1S/C13H22N4O/c1-3-4-17(9-10(2)6-14)13(18)11-5-12(15)8-16-7-11/h5,7-8,10H,3-4,6,9,14-15H2,1-2H3. The van der Waals surface area contributed by atoms with Gasteiger partial charge in [-0.25, -0.2) is 0 Å². The summed E-state index contributed by atoms with van der Waals surface area (Å²) in [5.74, 6) is 0.256. The van der Waals surface area contributed by atoms with Crippen molar-refractivity contribution in [2.45, 2.75) is 20.3 Å². The SMILES string of the molecule is CCCN(CC(C)CN)C(=O)c1cncc(N)c1. The van der Waals surface area contributed by atoms with Gasteiger partial charge in [0.15, 0.2) is 0 Å². The summed E-state index contributed by atoms with van der Waals surface area (Å²) in [6.45, 7) is 6.04. The highest BCUT2D eigenvalue weighted by Crippen LogP contribution is 2.10. The quantitative estimate of drug-likeness (QED) is 0.792. The molecular weight excluding hydrogens is 228 g/mol. The molecular formula is C13H22N4O. The Morgan fingerprint density at radius 3 is 2.78 bits per heavy atom. The molecule has 0 aliphatic rings. The molecule has 0 aliphatic heterocycles. The average Bonchev–Trinajstić information content (AvgIpc) is 2.37. The number of carbonyl (C=O) groups excluding carboxylic acids is 1. The third-order valence-electron chi connectivity index (χ3n) is 2.72. The van der Waals surface area contributed by atoms with Gasteiger partial charge >= 0.3 is 0 Å². The molecule has 0 aromatic carbocycles. The number of nitrogen functional groups attached to an aromatic ring is 1. The van der Waals surface area contributed by atoms with Crippen LogP contribution in [0, 0.1) is 5.92 Å². The number of amides is 1. The number of anilines is 1. The van der Waals surface area contributed by atoms with Gasteiger partial charge in [-0.15, -0.1) is 0 Å². The van der Waals surface area contributed by atoms with Crippen LogP contribution in [0.4, 0.5) is 5.69 Å². The van der Waals surface area contributed by atoms with Crippen molar-refractivity contribution in [2.24, 2.45) is 11.7 Å². The monoisotopic (exact) mass is 250 g/mol. The van der Waals surface area contributed by atoms with Gasteiger partial charge in [-0.05, 0) is 24.9 Å². The van der Waals surface area contributed by atoms with Crippen LogP contribution in [-0.2, 0) is 0 Å². The van der Waals surface area contributed by atoms with Gasteiger partial charge in [-0.3, -0.25) is 9.78 Å². The molecule has 1 amide bonds. The smallest absolute Gasteiger partial charge is 0.255 e. The van der Waals surface area contributed by atoms with Crippen LogP contribution < -0.4 is 11.5 Å². The van der Waals surface area contributed by atoms with E-state index < -0.39 is 0 Å². The van der Waals surface area contributed by atoms with E-state index in [1.807, 2.05) is 18.7 Å². The Kier molecular flexibility index (Phi) is 5.58. The summed E-state index contributed by atoms with van der Waals surface area (Å²) in [5.41, 5.74) is 12.3. The van der Waals surface area contributed by atoms with Crippen LogP contribution in [0.5, 0.6) is 0 Å². The predicted octanol–water partition coefficient (Wildman–Crippen LogP) is 1.11. The maximum atomic E-state index is 12.3. The average molecular weight is 250 g/mol. The van der Waals surface area contributed by atoms with Crippen molar-refractivity contribution in [1.29, 1.82) is 0 Å². The Balaban J connectivity index is 2.81. The van der Waals surface area contributed by atoms with Gasteiger partial charge < -0.3 is 16.4 Å². The zero-order valence-corrected chi connectivity index (χ0v) is 11.1. The van der Waals surface area contributed by atoms with E-state index >= 15 is 0 Å². The van der Waals surface area contributed by atoms with E-state index in [9.17, 15) is 4.79 Å². The first kappa shape index (κ1) is 14.4. The van der Waals surface area contributed by atoms with Crippen molar-refractivity contribution in [3.8, 4) is 0 Å². The third-order valence-corrected chi connectivity index (χ3v) is 2.72. The lowest BCUT2D eigenvalue weighted by molar-refractivity contribution is 0.0733. The molecule has 1 heterocycles. The molecule has 0 saturated heterocycles. The number of pyridine rings is 1. The molecule has 1 atom stereocenters. The van der Waals surface area contributed by atoms with Crippen LogP contribution in [0.1, 0.15) is 30.6 Å². The van der Waals surface area contributed by atoms with Gasteiger partial charge in [0.25, 0.3) is 5.91 Å². The van der Waals surface area contributed by atoms with Crippen LogP contribution in [0.25, 0.3) is 0 Å². The minimum Gasteiger partial charge on any atom is -0.397 e. The van der Waals surface area contributed by atoms with Gasteiger partial charge in [0.1, 0.15) is 0 Å². The van der Waals surface area contributed by atoms with Crippen molar-refractivity contribution in [1.82, 2.24) is 9.88 Å². The summed E-state index contributed by atoms with van der Waals surface area (Å²) >= 11 is 0. The van der Waals surface area contributed by atoms with Gasteiger partial charge in [0.2, 0.25) is 0 Å². The highest BCUT2D eigenvalue weighted by molar-refractivity contribution is 5.94. The van der Waals surface area contributed by atoms with E-state index in [2.05, 4.69) is 4.98 Å². The van der Waals surface area contributed by atoms with E-state index in [-0.39, 0.29) is 11.8 Å². The molecule has 1 rings (SSSR count). The van der Waals surface area contributed by atoms with E-state index in [1.165, 1.54) is 6.20 Å². The first-order valence-corrected chi connectivity index (χ1v) is 6.28. The van der Waals surface area contributed by atoms with Crippen LogP contribution >= 0.6 is 0 Å². The highest BCUT2D eigenvalue weighted by Gasteiger charge is 2.17. The number of aromatic nitrogens is 1. The minimum atomic E-state index is -0.0306. The second kappa shape index (κ2) is 6.96. The fraction of sp³-hybridized carbons (Fsp3) is 0.538. The molecule has 0 fully saturated rings. The Morgan fingerprint density at radius 2 is 2.22 bits per heavy atom. The fourth-order valence-corrected chi connectivity index (χ4v) is 1.75. The van der Waals surface area contributed by atoms with Gasteiger partial charge in [0.05, 0.1) is 11.3 Å². The predicted molar refractivity (Wildman–Crippen MR) is 73.1 cm³/mol. The van der Waals surface area contributed by atoms with Crippen molar-refractivity contribution in [3.05, 3.63) is 24.0 Å². The topological polar surface area (TPSA) is 85.2 Å². The molecule has 0 saturated carbocycles. The number of hydrogen-bond donors (Lipinski definition) is 2. The van der Waals surface area contributed by atoms with E-state index in [0.29, 0.717) is 24.3 Å². The van der Waals surface area contributed by atoms with Crippen LogP contribution in [0.3, 0.4) is 0 Å². The molecule has 0 radical (unpaired) electrons. The van der Waals surface area contributed by atoms with Crippen molar-refractivity contribution in [3.63, 3.8) is 0 Å². The Morgan fingerprint density at radius 1 is 1.50 bits per heavy atom. The Labute approximate surface area is 108 Å². The van der Waals surface area contributed by atoms with Crippen molar-refractivity contribution < 1.29 is 4.79 Å². The lowest BCUT2D eigenvalue weighted by atomic mass is 10.1. The number of hydrogen-bond acceptors (Lipinski definition) is 4. The second-order valence-electron chi connectivity index (χ2n) is 4.60. The maximum absolute atomic E-state index is 12.3. The molecule has 100 valence electrons. The molecule has 1 aromatic heterocycles. The first-order valence-electron chi connectivity index (χ1n) is 6.28. The zero-order valence-electron chi connectivity index (χ0n) is 11.1. The number of rotatable bonds is 6. The van der Waals surface area contributed by atoms with Gasteiger partial charge in [-0.1, -0.05) is 13.8 Å². The molecule has 1 aromatic rings. The van der Waals surface area contributed by atoms with Gasteiger partial charge in [0, 0.05) is 25.5 Å². The highest BCUT2D eigenvalue weighted by atomic mass is 16.2. The van der Waals surface area contributed by atoms with Gasteiger partial charge in [-0.2, -0.15) is 0 Å². The summed E-state index contributed by atoms with van der Waals surface area (Å²) in [6, 6.07) is 1.66. The molecule has 5 heteroatoms. The number of carbonyl (C=O) groups is 1.